The topological polar surface area (TPSA) is 59.1 Å². The minimum absolute atomic E-state index is 0.0318. The maximum atomic E-state index is 13.2. The van der Waals surface area contributed by atoms with E-state index in [1.54, 1.807) is 5.51 Å². The van der Waals surface area contributed by atoms with E-state index < -0.39 is 5.82 Å². The van der Waals surface area contributed by atoms with E-state index in [2.05, 4.69) is 10.3 Å². The first-order valence-corrected chi connectivity index (χ1v) is 9.48. The van der Waals surface area contributed by atoms with Crippen molar-refractivity contribution >= 4 is 40.3 Å². The molecule has 2 aromatic rings. The maximum absolute atomic E-state index is 13.2. The van der Waals surface area contributed by atoms with Gasteiger partial charge in [-0.15, -0.1) is 11.3 Å². The van der Waals surface area contributed by atoms with E-state index in [0.717, 1.165) is 18.5 Å². The second-order valence-electron chi connectivity index (χ2n) is 6.79. The van der Waals surface area contributed by atoms with E-state index in [1.165, 1.54) is 29.5 Å². The van der Waals surface area contributed by atoms with Crippen molar-refractivity contribution in [1.82, 2.24) is 4.98 Å². The number of Topliss-reactive ketones (excluding diaryl/α,β-unsaturated/α-hetero) is 1. The molecule has 1 heterocycles. The molecule has 0 bridgehead atoms. The molecule has 4 rings (SSSR count). The third kappa shape index (κ3) is 3.20. The predicted molar refractivity (Wildman–Crippen MR) is 94.7 cm³/mol. The van der Waals surface area contributed by atoms with Crippen LogP contribution in [0.15, 0.2) is 23.7 Å². The number of rotatable bonds is 3. The second kappa shape index (κ2) is 6.50. The Morgan fingerprint density at radius 1 is 1.28 bits per heavy atom. The molecule has 0 spiro atoms. The first kappa shape index (κ1) is 16.7. The maximum Gasteiger partial charge on any atom is 0.267 e. The number of nitrogens with zero attached hydrogens (tertiary/aromatic N) is 1. The highest BCUT2D eigenvalue weighted by atomic mass is 35.5. The largest absolute Gasteiger partial charge is 0.321 e. The lowest BCUT2D eigenvalue weighted by atomic mass is 9.98. The molecule has 7 heteroatoms. The van der Waals surface area contributed by atoms with Crippen LogP contribution in [0.1, 0.15) is 47.0 Å². The number of hydrogen-bond donors (Lipinski definition) is 1. The van der Waals surface area contributed by atoms with E-state index in [9.17, 15) is 14.0 Å². The van der Waals surface area contributed by atoms with Gasteiger partial charge >= 0.3 is 0 Å². The summed E-state index contributed by atoms with van der Waals surface area (Å²) in [6, 6.07) is 4.09. The minimum atomic E-state index is -0.523. The van der Waals surface area contributed by atoms with E-state index >= 15 is 0 Å². The third-order valence-corrected chi connectivity index (χ3v) is 6.32. The number of aromatic nitrogens is 1. The van der Waals surface area contributed by atoms with Gasteiger partial charge in [0.05, 0.1) is 16.2 Å². The summed E-state index contributed by atoms with van der Waals surface area (Å²) < 4.78 is 13.2. The van der Waals surface area contributed by atoms with Gasteiger partial charge in [-0.3, -0.25) is 9.59 Å². The zero-order valence-corrected chi connectivity index (χ0v) is 14.9. The number of carbonyl (C=O) groups excluding carboxylic acids is 2. The number of carbonyl (C=O) groups is 2. The van der Waals surface area contributed by atoms with Gasteiger partial charge in [-0.1, -0.05) is 11.6 Å². The monoisotopic (exact) mass is 378 g/mol. The highest BCUT2D eigenvalue weighted by Gasteiger charge is 2.43. The highest BCUT2D eigenvalue weighted by molar-refractivity contribution is 7.12. The number of benzene rings is 1. The lowest BCUT2D eigenvalue weighted by Crippen LogP contribution is -2.14. The SMILES string of the molecule is O=C1CC2CC(c3ncsc3C(=O)Nc3ccc(F)c(Cl)c3)CC2C1. The molecule has 1 amide bonds. The Morgan fingerprint density at radius 2 is 2.00 bits per heavy atom. The van der Waals surface area contributed by atoms with Crippen molar-refractivity contribution in [3.8, 4) is 0 Å². The Labute approximate surface area is 153 Å². The van der Waals surface area contributed by atoms with Gasteiger partial charge in [0.15, 0.2) is 0 Å². The van der Waals surface area contributed by atoms with Gasteiger partial charge in [-0.2, -0.15) is 0 Å². The number of hydrogen-bond acceptors (Lipinski definition) is 4. The Kier molecular flexibility index (Phi) is 4.33. The quantitative estimate of drug-likeness (QED) is 0.844. The molecule has 2 atom stereocenters. The molecular weight excluding hydrogens is 363 g/mol. The second-order valence-corrected chi connectivity index (χ2v) is 8.05. The fourth-order valence-electron chi connectivity index (χ4n) is 4.08. The Bertz CT molecular complexity index is 837. The summed E-state index contributed by atoms with van der Waals surface area (Å²) in [5, 5.41) is 2.73. The van der Waals surface area contributed by atoms with E-state index in [0.29, 0.717) is 41.0 Å². The van der Waals surface area contributed by atoms with Crippen molar-refractivity contribution in [3.05, 3.63) is 45.1 Å². The van der Waals surface area contributed by atoms with Crippen molar-refractivity contribution in [1.29, 1.82) is 0 Å². The van der Waals surface area contributed by atoms with Crippen molar-refractivity contribution < 1.29 is 14.0 Å². The molecule has 1 aromatic heterocycles. The fraction of sp³-hybridized carbons (Fsp3) is 0.389. The van der Waals surface area contributed by atoms with Crippen LogP contribution < -0.4 is 5.32 Å². The van der Waals surface area contributed by atoms with Crippen molar-refractivity contribution in [2.75, 3.05) is 5.32 Å². The van der Waals surface area contributed by atoms with Crippen LogP contribution in [0.25, 0.3) is 0 Å². The summed E-state index contributed by atoms with van der Waals surface area (Å²) in [6.45, 7) is 0. The molecular formula is C18H16ClFN2O2S. The molecule has 2 fully saturated rings. The number of ketones is 1. The standard InChI is InChI=1S/C18H16ClFN2O2S/c19-14-7-12(1-2-15(14)20)22-18(24)17-16(21-8-25-17)11-3-9-5-13(23)6-10(9)4-11/h1-2,7-11H,3-6H2,(H,22,24). The van der Waals surface area contributed by atoms with Crippen molar-refractivity contribution in [2.45, 2.75) is 31.6 Å². The van der Waals surface area contributed by atoms with E-state index in [-0.39, 0.29) is 16.8 Å². The number of fused-ring (bicyclic) bond motifs is 1. The van der Waals surface area contributed by atoms with Crippen LogP contribution in [-0.2, 0) is 4.79 Å². The average Bonchev–Trinajstić information content (AvgIpc) is 3.24. The zero-order valence-electron chi connectivity index (χ0n) is 13.3. The number of amides is 1. The van der Waals surface area contributed by atoms with Gasteiger partial charge in [0, 0.05) is 24.4 Å². The Balaban J connectivity index is 1.50. The molecule has 1 aromatic carbocycles. The molecule has 2 unspecified atom stereocenters. The number of halogens is 2. The van der Waals surface area contributed by atoms with Gasteiger partial charge in [0.25, 0.3) is 5.91 Å². The number of nitrogens with one attached hydrogen (secondary N) is 1. The van der Waals surface area contributed by atoms with Crippen LogP contribution in [-0.4, -0.2) is 16.7 Å². The van der Waals surface area contributed by atoms with Gasteiger partial charge in [0.2, 0.25) is 0 Å². The lowest BCUT2D eigenvalue weighted by molar-refractivity contribution is -0.117. The van der Waals surface area contributed by atoms with Crippen LogP contribution in [0.5, 0.6) is 0 Å². The Morgan fingerprint density at radius 3 is 2.68 bits per heavy atom. The zero-order chi connectivity index (χ0) is 17.6. The lowest BCUT2D eigenvalue weighted by Gasteiger charge is -2.11. The predicted octanol–water partition coefficient (Wildman–Crippen LogP) is 4.66. The van der Waals surface area contributed by atoms with Gasteiger partial charge in [-0.05, 0) is 42.9 Å². The summed E-state index contributed by atoms with van der Waals surface area (Å²) in [5.41, 5.74) is 2.95. The average molecular weight is 379 g/mol. The molecule has 2 saturated carbocycles. The summed E-state index contributed by atoms with van der Waals surface area (Å²) in [5.74, 6) is 0.681. The van der Waals surface area contributed by atoms with Crippen molar-refractivity contribution in [2.24, 2.45) is 11.8 Å². The number of thiazole rings is 1. The highest BCUT2D eigenvalue weighted by Crippen LogP contribution is 2.49. The smallest absolute Gasteiger partial charge is 0.267 e. The van der Waals surface area contributed by atoms with Crippen LogP contribution in [0.3, 0.4) is 0 Å². The summed E-state index contributed by atoms with van der Waals surface area (Å²) in [7, 11) is 0. The Hall–Kier alpha value is -1.79. The van der Waals surface area contributed by atoms with Crippen LogP contribution in [0.4, 0.5) is 10.1 Å². The summed E-state index contributed by atoms with van der Waals surface area (Å²) in [4.78, 5) is 29.2. The van der Waals surface area contributed by atoms with E-state index in [4.69, 9.17) is 11.6 Å². The molecule has 130 valence electrons. The third-order valence-electron chi connectivity index (χ3n) is 5.19. The van der Waals surface area contributed by atoms with Gasteiger partial charge in [0.1, 0.15) is 16.5 Å². The first-order valence-electron chi connectivity index (χ1n) is 8.22. The summed E-state index contributed by atoms with van der Waals surface area (Å²) in [6.07, 6.45) is 3.17. The van der Waals surface area contributed by atoms with E-state index in [1.807, 2.05) is 0 Å². The molecule has 0 saturated heterocycles. The molecule has 0 radical (unpaired) electrons. The molecule has 2 aliphatic carbocycles. The van der Waals surface area contributed by atoms with Crippen molar-refractivity contribution in [3.63, 3.8) is 0 Å². The minimum Gasteiger partial charge on any atom is -0.321 e. The first-order chi connectivity index (χ1) is 12.0. The normalized spacial score (nSPS) is 25.2. The summed E-state index contributed by atoms with van der Waals surface area (Å²) >= 11 is 7.06. The fourth-order valence-corrected chi connectivity index (χ4v) is 5.03. The molecule has 4 nitrogen and oxygen atoms in total. The van der Waals surface area contributed by atoms with Crippen LogP contribution in [0, 0.1) is 17.7 Å². The molecule has 1 N–H and O–H groups in total. The van der Waals surface area contributed by atoms with Gasteiger partial charge in [-0.25, -0.2) is 9.37 Å². The molecule has 25 heavy (non-hydrogen) atoms. The molecule has 2 aliphatic rings. The van der Waals surface area contributed by atoms with Crippen LogP contribution in [0.2, 0.25) is 5.02 Å². The number of anilines is 1. The van der Waals surface area contributed by atoms with Gasteiger partial charge < -0.3 is 5.32 Å². The molecule has 0 aliphatic heterocycles. The van der Waals surface area contributed by atoms with Crippen LogP contribution >= 0.6 is 22.9 Å².